The summed E-state index contributed by atoms with van der Waals surface area (Å²) in [5, 5.41) is 9.50. The number of pyridine rings is 1. The summed E-state index contributed by atoms with van der Waals surface area (Å²) in [4.78, 5) is 17.1. The van der Waals surface area contributed by atoms with Crippen molar-refractivity contribution in [2.24, 2.45) is 0 Å². The van der Waals surface area contributed by atoms with Crippen molar-refractivity contribution < 1.29 is 0 Å². The highest BCUT2D eigenvalue weighted by Crippen LogP contribution is 2.28. The molecule has 0 fully saturated rings. The molecule has 5 heterocycles. The molecule has 0 amide bonds. The molecule has 7 heteroatoms. The number of hydrogen-bond acceptors (Lipinski definition) is 6. The van der Waals surface area contributed by atoms with Gasteiger partial charge in [0.1, 0.15) is 0 Å². The van der Waals surface area contributed by atoms with E-state index in [2.05, 4.69) is 42.6 Å². The lowest BCUT2D eigenvalue weighted by atomic mass is 10.1. The lowest BCUT2D eigenvalue weighted by molar-refractivity contribution is 0.243. The lowest BCUT2D eigenvalue weighted by Crippen LogP contribution is -2.31. The molecule has 1 aliphatic rings. The highest BCUT2D eigenvalue weighted by atomic mass is 32.1. The van der Waals surface area contributed by atoms with E-state index in [1.807, 2.05) is 24.5 Å². The van der Waals surface area contributed by atoms with Crippen molar-refractivity contribution in [3.8, 4) is 22.0 Å². The van der Waals surface area contributed by atoms with Gasteiger partial charge in [-0.05, 0) is 23.6 Å². The van der Waals surface area contributed by atoms with E-state index in [9.17, 15) is 0 Å². The highest BCUT2D eigenvalue weighted by Gasteiger charge is 2.20. The van der Waals surface area contributed by atoms with Crippen LogP contribution in [0.1, 0.15) is 16.8 Å². The number of fused-ring (bicyclic) bond motifs is 1. The van der Waals surface area contributed by atoms with E-state index in [-0.39, 0.29) is 0 Å². The van der Waals surface area contributed by atoms with Crippen LogP contribution in [0.5, 0.6) is 0 Å². The maximum absolute atomic E-state index is 4.79. The van der Waals surface area contributed by atoms with Gasteiger partial charge < -0.3 is 0 Å². The molecule has 0 aromatic carbocycles. The Morgan fingerprint density at radius 1 is 1.15 bits per heavy atom. The van der Waals surface area contributed by atoms with E-state index < -0.39 is 0 Å². The monoisotopic (exact) mass is 374 g/mol. The van der Waals surface area contributed by atoms with E-state index >= 15 is 0 Å². The Balaban J connectivity index is 1.34. The van der Waals surface area contributed by atoms with Gasteiger partial charge >= 0.3 is 0 Å². The molecule has 0 atom stereocenters. The summed E-state index contributed by atoms with van der Waals surface area (Å²) in [6.07, 6.45) is 8.39. The smallest absolute Gasteiger partial charge is 0.159 e. The Morgan fingerprint density at radius 3 is 2.93 bits per heavy atom. The Bertz CT molecular complexity index is 1040. The summed E-state index contributed by atoms with van der Waals surface area (Å²) in [5.74, 6) is 0.777. The zero-order chi connectivity index (χ0) is 18.1. The van der Waals surface area contributed by atoms with Crippen LogP contribution in [0.4, 0.5) is 0 Å². The van der Waals surface area contributed by atoms with Gasteiger partial charge in [-0.1, -0.05) is 6.07 Å². The molecular formula is C20H18N6S. The van der Waals surface area contributed by atoms with Crippen LogP contribution < -0.4 is 0 Å². The van der Waals surface area contributed by atoms with E-state index in [0.29, 0.717) is 0 Å². The van der Waals surface area contributed by atoms with Crippen molar-refractivity contribution in [2.75, 3.05) is 6.54 Å². The molecule has 0 saturated carbocycles. The van der Waals surface area contributed by atoms with Crippen molar-refractivity contribution in [1.29, 1.82) is 0 Å². The van der Waals surface area contributed by atoms with Crippen LogP contribution in [0.15, 0.2) is 54.4 Å². The second kappa shape index (κ2) is 7.02. The van der Waals surface area contributed by atoms with Crippen LogP contribution in [0.3, 0.4) is 0 Å². The van der Waals surface area contributed by atoms with E-state index in [0.717, 1.165) is 48.8 Å². The summed E-state index contributed by atoms with van der Waals surface area (Å²) < 4.78 is 0. The molecule has 0 aliphatic carbocycles. The fourth-order valence-electron chi connectivity index (χ4n) is 3.46. The lowest BCUT2D eigenvalue weighted by Gasteiger charge is -2.28. The van der Waals surface area contributed by atoms with Gasteiger partial charge in [-0.25, -0.2) is 9.97 Å². The first-order valence-electron chi connectivity index (χ1n) is 8.90. The fourth-order valence-corrected chi connectivity index (χ4v) is 4.21. The van der Waals surface area contributed by atoms with Crippen LogP contribution in [-0.2, 0) is 19.5 Å². The minimum absolute atomic E-state index is 0.777. The van der Waals surface area contributed by atoms with Crippen LogP contribution in [0, 0.1) is 0 Å². The largest absolute Gasteiger partial charge is 0.294 e. The first kappa shape index (κ1) is 16.3. The van der Waals surface area contributed by atoms with Crippen LogP contribution in [-0.4, -0.2) is 36.6 Å². The van der Waals surface area contributed by atoms with Gasteiger partial charge in [-0.3, -0.25) is 15.0 Å². The van der Waals surface area contributed by atoms with E-state index in [4.69, 9.17) is 4.98 Å². The van der Waals surface area contributed by atoms with Crippen molar-refractivity contribution in [3.63, 3.8) is 0 Å². The molecule has 0 saturated heterocycles. The van der Waals surface area contributed by atoms with Crippen molar-refractivity contribution in [2.45, 2.75) is 19.5 Å². The van der Waals surface area contributed by atoms with E-state index in [1.165, 1.54) is 16.0 Å². The number of aromatic amines is 1. The predicted molar refractivity (Wildman–Crippen MR) is 105 cm³/mol. The zero-order valence-electron chi connectivity index (χ0n) is 14.7. The molecule has 6 nitrogen and oxygen atoms in total. The Labute approximate surface area is 161 Å². The Morgan fingerprint density at radius 2 is 2.07 bits per heavy atom. The number of nitrogens with zero attached hydrogens (tertiary/aromatic N) is 5. The SMILES string of the molecule is c1csc(-c2[nH]ncc2CN2CCc3nc(-c4ccncc4)ncc3C2)c1. The number of nitrogens with one attached hydrogen (secondary N) is 1. The molecule has 0 unspecified atom stereocenters. The van der Waals surface area contributed by atoms with Crippen LogP contribution in [0.2, 0.25) is 0 Å². The topological polar surface area (TPSA) is 70.6 Å². The van der Waals surface area contributed by atoms with Crippen molar-refractivity contribution >= 4 is 11.3 Å². The third-order valence-electron chi connectivity index (χ3n) is 4.83. The number of rotatable bonds is 4. The maximum atomic E-state index is 4.79. The summed E-state index contributed by atoms with van der Waals surface area (Å²) in [6, 6.07) is 8.09. The summed E-state index contributed by atoms with van der Waals surface area (Å²) in [5.41, 5.74) is 5.73. The van der Waals surface area contributed by atoms with Crippen molar-refractivity contribution in [3.05, 3.63) is 71.3 Å². The second-order valence-electron chi connectivity index (χ2n) is 6.61. The van der Waals surface area contributed by atoms with Gasteiger partial charge in [-0.15, -0.1) is 11.3 Å². The molecule has 4 aromatic rings. The first-order chi connectivity index (χ1) is 13.4. The van der Waals surface area contributed by atoms with Crippen LogP contribution >= 0.6 is 11.3 Å². The van der Waals surface area contributed by atoms with Gasteiger partial charge in [0.05, 0.1) is 22.5 Å². The number of thiophene rings is 1. The molecule has 5 rings (SSSR count). The average Bonchev–Trinajstić information content (AvgIpc) is 3.40. The van der Waals surface area contributed by atoms with Gasteiger partial charge in [0.15, 0.2) is 5.82 Å². The normalized spacial score (nSPS) is 14.2. The Kier molecular flexibility index (Phi) is 4.23. The van der Waals surface area contributed by atoms with Gasteiger partial charge in [0.25, 0.3) is 0 Å². The van der Waals surface area contributed by atoms with Crippen LogP contribution in [0.25, 0.3) is 22.0 Å². The third kappa shape index (κ3) is 3.27. The van der Waals surface area contributed by atoms with Gasteiger partial charge in [-0.2, -0.15) is 5.10 Å². The summed E-state index contributed by atoms with van der Waals surface area (Å²) in [7, 11) is 0. The number of hydrogen-bond donors (Lipinski definition) is 1. The average molecular weight is 374 g/mol. The fraction of sp³-hybridized carbons (Fsp3) is 0.200. The Hall–Kier alpha value is -2.90. The number of H-pyrrole nitrogens is 1. The standard InChI is InChI=1S/C20H18N6S/c1-2-18(27-9-1)19-16(11-23-25-19)13-26-8-5-17-15(12-26)10-22-20(24-17)14-3-6-21-7-4-14/h1-4,6-7,9-11H,5,8,12-13H2,(H,23,25). The summed E-state index contributed by atoms with van der Waals surface area (Å²) >= 11 is 1.73. The molecule has 0 spiro atoms. The molecule has 27 heavy (non-hydrogen) atoms. The molecule has 1 aliphatic heterocycles. The molecule has 0 bridgehead atoms. The third-order valence-corrected chi connectivity index (χ3v) is 5.72. The highest BCUT2D eigenvalue weighted by molar-refractivity contribution is 7.13. The van der Waals surface area contributed by atoms with Gasteiger partial charge in [0.2, 0.25) is 0 Å². The minimum Gasteiger partial charge on any atom is -0.294 e. The maximum Gasteiger partial charge on any atom is 0.159 e. The predicted octanol–water partition coefficient (Wildman–Crippen LogP) is 3.55. The molecule has 4 aromatic heterocycles. The molecule has 1 N–H and O–H groups in total. The second-order valence-corrected chi connectivity index (χ2v) is 7.56. The first-order valence-corrected chi connectivity index (χ1v) is 9.78. The zero-order valence-corrected chi connectivity index (χ0v) is 15.5. The quantitative estimate of drug-likeness (QED) is 0.591. The summed E-state index contributed by atoms with van der Waals surface area (Å²) in [6.45, 7) is 2.71. The van der Waals surface area contributed by atoms with E-state index in [1.54, 1.807) is 23.7 Å². The number of aromatic nitrogens is 5. The molecule has 0 radical (unpaired) electrons. The van der Waals surface area contributed by atoms with Gasteiger partial charge in [0, 0.05) is 61.3 Å². The molecule has 134 valence electrons. The van der Waals surface area contributed by atoms with Crippen molar-refractivity contribution in [1.82, 2.24) is 30.0 Å². The molecular weight excluding hydrogens is 356 g/mol. The minimum atomic E-state index is 0.777.